The zero-order chi connectivity index (χ0) is 12.4. The molecular weight excluding hydrogens is 240 g/mol. The molecule has 5 nitrogen and oxygen atoms in total. The predicted octanol–water partition coefficient (Wildman–Crippen LogP) is 1.16. The molecule has 6 heteroatoms. The van der Waals surface area contributed by atoms with Crippen molar-refractivity contribution in [2.75, 3.05) is 23.8 Å². The number of amides is 1. The van der Waals surface area contributed by atoms with Gasteiger partial charge in [-0.15, -0.1) is 12.3 Å². The van der Waals surface area contributed by atoms with Crippen molar-refractivity contribution >= 4 is 29.0 Å². The highest BCUT2D eigenvalue weighted by Gasteiger charge is 2.32. The van der Waals surface area contributed by atoms with E-state index in [0.717, 1.165) is 0 Å². The van der Waals surface area contributed by atoms with Crippen LogP contribution in [0.4, 0.5) is 11.5 Å². The van der Waals surface area contributed by atoms with Crippen LogP contribution in [0, 0.1) is 18.3 Å². The average Bonchev–Trinajstić information content (AvgIpc) is 2.70. The molecule has 1 aliphatic rings. The summed E-state index contributed by atoms with van der Waals surface area (Å²) >= 11 is 6.01. The van der Waals surface area contributed by atoms with E-state index < -0.39 is 0 Å². The van der Waals surface area contributed by atoms with Gasteiger partial charge in [0, 0.05) is 25.9 Å². The van der Waals surface area contributed by atoms with Crippen LogP contribution in [0.3, 0.4) is 0 Å². The number of halogens is 1. The van der Waals surface area contributed by atoms with Gasteiger partial charge in [-0.1, -0.05) is 11.6 Å². The molecule has 0 saturated carbocycles. The van der Waals surface area contributed by atoms with E-state index in [4.69, 9.17) is 18.0 Å². The Balaban J connectivity index is 2.41. The lowest BCUT2D eigenvalue weighted by Gasteiger charge is -2.19. The number of carbonyl (C=O) groups excluding carboxylic acids is 1. The molecule has 1 aromatic heterocycles. The summed E-state index contributed by atoms with van der Waals surface area (Å²) in [5.41, 5.74) is 0.499. The van der Waals surface area contributed by atoms with E-state index in [2.05, 4.69) is 21.2 Å². The SMILES string of the molecule is C#CC1CC(=O)N(c2c(Cl)ncnc2NC)C1. The number of anilines is 2. The highest BCUT2D eigenvalue weighted by atomic mass is 35.5. The van der Waals surface area contributed by atoms with Gasteiger partial charge in [0.2, 0.25) is 5.91 Å². The molecule has 1 fully saturated rings. The lowest BCUT2D eigenvalue weighted by atomic mass is 10.1. The minimum absolute atomic E-state index is 0.0545. The van der Waals surface area contributed by atoms with Gasteiger partial charge >= 0.3 is 0 Å². The van der Waals surface area contributed by atoms with Gasteiger partial charge in [-0.2, -0.15) is 0 Å². The summed E-state index contributed by atoms with van der Waals surface area (Å²) in [5.74, 6) is 2.97. The van der Waals surface area contributed by atoms with E-state index in [9.17, 15) is 4.79 Å². The normalized spacial score (nSPS) is 19.2. The summed E-state index contributed by atoms with van der Waals surface area (Å²) in [6.07, 6.45) is 7.02. The van der Waals surface area contributed by atoms with Crippen LogP contribution < -0.4 is 10.2 Å². The van der Waals surface area contributed by atoms with Crippen molar-refractivity contribution in [3.63, 3.8) is 0 Å². The topological polar surface area (TPSA) is 58.1 Å². The number of rotatable bonds is 2. The van der Waals surface area contributed by atoms with E-state index in [-0.39, 0.29) is 17.0 Å². The van der Waals surface area contributed by atoms with Gasteiger partial charge < -0.3 is 10.2 Å². The Bertz CT molecular complexity index is 497. The Kier molecular flexibility index (Phi) is 3.16. The molecule has 0 aromatic carbocycles. The summed E-state index contributed by atoms with van der Waals surface area (Å²) in [4.78, 5) is 21.3. The quantitative estimate of drug-likeness (QED) is 0.632. The highest BCUT2D eigenvalue weighted by Crippen LogP contribution is 2.34. The van der Waals surface area contributed by atoms with Gasteiger partial charge in [-0.3, -0.25) is 4.79 Å². The maximum Gasteiger partial charge on any atom is 0.228 e. The van der Waals surface area contributed by atoms with Crippen molar-refractivity contribution < 1.29 is 4.79 Å². The third kappa shape index (κ3) is 2.04. The molecule has 1 amide bonds. The Morgan fingerprint density at radius 3 is 3.00 bits per heavy atom. The number of nitrogens with one attached hydrogen (secondary N) is 1. The second-order valence-corrected chi connectivity index (χ2v) is 4.04. The van der Waals surface area contributed by atoms with Crippen LogP contribution in [-0.2, 0) is 4.79 Å². The lowest BCUT2D eigenvalue weighted by molar-refractivity contribution is -0.117. The number of carbonyl (C=O) groups is 1. The molecule has 1 atom stereocenters. The zero-order valence-electron chi connectivity index (χ0n) is 9.27. The third-order valence-corrected chi connectivity index (χ3v) is 2.92. The predicted molar refractivity (Wildman–Crippen MR) is 65.9 cm³/mol. The number of hydrogen-bond donors (Lipinski definition) is 1. The van der Waals surface area contributed by atoms with Crippen LogP contribution in [0.5, 0.6) is 0 Å². The van der Waals surface area contributed by atoms with Crippen molar-refractivity contribution in [3.8, 4) is 12.3 Å². The third-order valence-electron chi connectivity index (χ3n) is 2.65. The van der Waals surface area contributed by atoms with Crippen molar-refractivity contribution in [3.05, 3.63) is 11.5 Å². The van der Waals surface area contributed by atoms with Crippen LogP contribution in [0.15, 0.2) is 6.33 Å². The van der Waals surface area contributed by atoms with E-state index in [1.165, 1.54) is 6.33 Å². The first kappa shape index (κ1) is 11.7. The number of nitrogens with zero attached hydrogens (tertiary/aromatic N) is 3. The maximum absolute atomic E-state index is 11.9. The smallest absolute Gasteiger partial charge is 0.228 e. The van der Waals surface area contributed by atoms with Gasteiger partial charge in [0.1, 0.15) is 12.0 Å². The summed E-state index contributed by atoms with van der Waals surface area (Å²) in [7, 11) is 1.71. The second-order valence-electron chi connectivity index (χ2n) is 3.68. The molecule has 1 N–H and O–H groups in total. The number of aromatic nitrogens is 2. The summed E-state index contributed by atoms with van der Waals surface area (Å²) in [6, 6.07) is 0. The Morgan fingerprint density at radius 1 is 1.65 bits per heavy atom. The lowest BCUT2D eigenvalue weighted by Crippen LogP contribution is -2.26. The average molecular weight is 251 g/mol. The van der Waals surface area contributed by atoms with Gasteiger partial charge in [-0.05, 0) is 0 Å². The first-order chi connectivity index (χ1) is 8.17. The van der Waals surface area contributed by atoms with Gasteiger partial charge in [-0.25, -0.2) is 9.97 Å². The second kappa shape index (κ2) is 4.60. The Hall–Kier alpha value is -1.80. The van der Waals surface area contributed by atoms with Gasteiger partial charge in [0.25, 0.3) is 0 Å². The first-order valence-electron chi connectivity index (χ1n) is 5.12. The molecule has 1 saturated heterocycles. The molecule has 0 bridgehead atoms. The van der Waals surface area contributed by atoms with Crippen LogP contribution >= 0.6 is 11.6 Å². The van der Waals surface area contributed by atoms with Crippen molar-refractivity contribution in [1.82, 2.24) is 9.97 Å². The van der Waals surface area contributed by atoms with Crippen molar-refractivity contribution in [1.29, 1.82) is 0 Å². The molecule has 17 heavy (non-hydrogen) atoms. The van der Waals surface area contributed by atoms with Gasteiger partial charge in [0.05, 0.1) is 0 Å². The first-order valence-corrected chi connectivity index (χ1v) is 5.50. The number of terminal acetylenes is 1. The molecule has 1 aromatic rings. The minimum Gasteiger partial charge on any atom is -0.371 e. The highest BCUT2D eigenvalue weighted by molar-refractivity contribution is 6.33. The molecule has 2 rings (SSSR count). The standard InChI is InChI=1S/C11H11ClN4O/c1-3-7-4-8(17)16(5-7)9-10(12)14-6-15-11(9)13-2/h1,6-7H,4-5H2,2H3,(H,13,14,15). The molecule has 2 heterocycles. The molecule has 0 spiro atoms. The fraction of sp³-hybridized carbons (Fsp3) is 0.364. The molecule has 0 aliphatic carbocycles. The van der Waals surface area contributed by atoms with Crippen molar-refractivity contribution in [2.45, 2.75) is 6.42 Å². The molecular formula is C11H11ClN4O. The fourth-order valence-corrected chi connectivity index (χ4v) is 2.05. The fourth-order valence-electron chi connectivity index (χ4n) is 1.81. The Labute approximate surface area is 104 Å². The van der Waals surface area contributed by atoms with Crippen LogP contribution in [0.25, 0.3) is 0 Å². The van der Waals surface area contributed by atoms with Crippen molar-refractivity contribution in [2.24, 2.45) is 5.92 Å². The number of hydrogen-bond acceptors (Lipinski definition) is 4. The summed E-state index contributed by atoms with van der Waals surface area (Å²) in [5, 5.41) is 3.13. The Morgan fingerprint density at radius 2 is 2.41 bits per heavy atom. The van der Waals surface area contributed by atoms with Gasteiger partial charge in [0.15, 0.2) is 11.0 Å². The monoisotopic (exact) mass is 250 g/mol. The summed E-state index contributed by atoms with van der Waals surface area (Å²) in [6.45, 7) is 0.455. The molecule has 88 valence electrons. The van der Waals surface area contributed by atoms with Crippen LogP contribution in [-0.4, -0.2) is 29.5 Å². The maximum atomic E-state index is 11.9. The minimum atomic E-state index is -0.0801. The zero-order valence-corrected chi connectivity index (χ0v) is 10.0. The summed E-state index contributed by atoms with van der Waals surface area (Å²) < 4.78 is 0. The van der Waals surface area contributed by atoms with E-state index in [1.807, 2.05) is 0 Å². The van der Waals surface area contributed by atoms with E-state index >= 15 is 0 Å². The molecule has 1 unspecified atom stereocenters. The van der Waals surface area contributed by atoms with Crippen LogP contribution in [0.2, 0.25) is 5.15 Å². The molecule has 1 aliphatic heterocycles. The van der Waals surface area contributed by atoms with E-state index in [1.54, 1.807) is 11.9 Å². The van der Waals surface area contributed by atoms with Crippen LogP contribution in [0.1, 0.15) is 6.42 Å². The molecule has 0 radical (unpaired) electrons. The van der Waals surface area contributed by atoms with E-state index in [0.29, 0.717) is 24.5 Å². The largest absolute Gasteiger partial charge is 0.371 e.